The van der Waals surface area contributed by atoms with Gasteiger partial charge in [0.25, 0.3) is 23.6 Å². The number of nitrogens with one attached hydrogen (secondary N) is 1. The summed E-state index contributed by atoms with van der Waals surface area (Å²) in [6.07, 6.45) is -1.52. The van der Waals surface area contributed by atoms with Crippen molar-refractivity contribution in [2.75, 3.05) is 26.3 Å². The Bertz CT molecular complexity index is 1090. The number of ether oxygens (including phenoxy) is 2. The molecule has 0 radical (unpaired) electrons. The number of carbonyl (C=O) groups excluding carboxylic acids is 5. The van der Waals surface area contributed by atoms with Crippen molar-refractivity contribution in [3.8, 4) is 0 Å². The van der Waals surface area contributed by atoms with Crippen LogP contribution < -0.4 is 5.32 Å². The molecule has 0 aromatic heterocycles. The Hall–Kier alpha value is -4.05. The second kappa shape index (κ2) is 9.90. The molecule has 10 heteroatoms. The Kier molecular flexibility index (Phi) is 6.89. The monoisotopic (exact) mass is 493 g/mol. The third-order valence-corrected chi connectivity index (χ3v) is 5.68. The van der Waals surface area contributed by atoms with Crippen LogP contribution >= 0.6 is 0 Å². The number of carbonyl (C=O) groups is 5. The van der Waals surface area contributed by atoms with Crippen molar-refractivity contribution in [3.05, 3.63) is 70.8 Å². The molecule has 0 unspecified atom stereocenters. The fourth-order valence-corrected chi connectivity index (χ4v) is 4.07. The summed E-state index contributed by atoms with van der Waals surface area (Å²) in [6, 6.07) is 12.9. The lowest BCUT2D eigenvalue weighted by Gasteiger charge is -2.26. The molecule has 2 aromatic rings. The molecule has 10 nitrogen and oxygen atoms in total. The highest BCUT2D eigenvalue weighted by Crippen LogP contribution is 2.25. The van der Waals surface area contributed by atoms with E-state index in [0.717, 1.165) is 9.80 Å². The first-order valence-corrected chi connectivity index (χ1v) is 11.5. The van der Waals surface area contributed by atoms with E-state index in [1.165, 1.54) is 0 Å². The van der Waals surface area contributed by atoms with Gasteiger partial charge in [-0.2, -0.15) is 0 Å². The molecule has 0 atom stereocenters. The van der Waals surface area contributed by atoms with Crippen LogP contribution in [0.3, 0.4) is 0 Å². The van der Waals surface area contributed by atoms with Gasteiger partial charge in [0.15, 0.2) is 0 Å². The Morgan fingerprint density at radius 1 is 0.750 bits per heavy atom. The van der Waals surface area contributed by atoms with Crippen molar-refractivity contribution >= 4 is 29.7 Å². The number of rotatable bonds is 8. The highest BCUT2D eigenvalue weighted by Gasteiger charge is 2.40. The lowest BCUT2D eigenvalue weighted by Crippen LogP contribution is -2.46. The molecule has 2 aromatic carbocycles. The van der Waals surface area contributed by atoms with Crippen molar-refractivity contribution in [1.82, 2.24) is 15.1 Å². The van der Waals surface area contributed by atoms with Crippen LogP contribution in [0.25, 0.3) is 0 Å². The van der Waals surface area contributed by atoms with Gasteiger partial charge in [-0.05, 0) is 45.0 Å². The largest absolute Gasteiger partial charge is 0.447 e. The summed E-state index contributed by atoms with van der Waals surface area (Å²) < 4.78 is 11.0. The summed E-state index contributed by atoms with van der Waals surface area (Å²) in [6.45, 7) is 4.87. The third-order valence-electron chi connectivity index (χ3n) is 5.68. The van der Waals surface area contributed by atoms with Crippen LogP contribution in [0.4, 0.5) is 4.79 Å². The van der Waals surface area contributed by atoms with Crippen molar-refractivity contribution < 1.29 is 33.4 Å². The molecule has 0 spiro atoms. The molecule has 0 fully saturated rings. The number of imide groups is 2. The third kappa shape index (κ3) is 5.13. The first kappa shape index (κ1) is 25.1. The molecular formula is C26H27N3O7. The smallest absolute Gasteiger partial charge is 0.407 e. The van der Waals surface area contributed by atoms with E-state index in [9.17, 15) is 24.0 Å². The summed E-state index contributed by atoms with van der Waals surface area (Å²) in [5.74, 6) is -1.92. The van der Waals surface area contributed by atoms with Crippen molar-refractivity contribution in [1.29, 1.82) is 0 Å². The van der Waals surface area contributed by atoms with Crippen LogP contribution in [-0.4, -0.2) is 77.5 Å². The molecule has 188 valence electrons. The van der Waals surface area contributed by atoms with E-state index < -0.39 is 41.4 Å². The van der Waals surface area contributed by atoms with Gasteiger partial charge in [-0.3, -0.25) is 29.0 Å². The fourth-order valence-electron chi connectivity index (χ4n) is 4.07. The van der Waals surface area contributed by atoms with Gasteiger partial charge in [0, 0.05) is 5.54 Å². The first-order valence-electron chi connectivity index (χ1n) is 11.5. The van der Waals surface area contributed by atoms with Crippen LogP contribution in [0.5, 0.6) is 0 Å². The molecule has 2 aliphatic heterocycles. The Labute approximate surface area is 208 Å². The molecule has 2 aliphatic rings. The Morgan fingerprint density at radius 2 is 1.14 bits per heavy atom. The number of hydrogen-bond donors (Lipinski definition) is 1. The highest BCUT2D eigenvalue weighted by molar-refractivity contribution is 6.22. The topological polar surface area (TPSA) is 122 Å². The van der Waals surface area contributed by atoms with Gasteiger partial charge in [0.2, 0.25) is 0 Å². The normalized spacial score (nSPS) is 15.0. The predicted molar refractivity (Wildman–Crippen MR) is 128 cm³/mol. The number of fused-ring (bicyclic) bond motifs is 2. The van der Waals surface area contributed by atoms with E-state index >= 15 is 0 Å². The maximum atomic E-state index is 12.9. The van der Waals surface area contributed by atoms with E-state index in [2.05, 4.69) is 5.32 Å². The molecule has 0 aliphatic carbocycles. The summed E-state index contributed by atoms with van der Waals surface area (Å²) >= 11 is 0. The van der Waals surface area contributed by atoms with E-state index in [1.807, 2.05) is 20.8 Å². The van der Waals surface area contributed by atoms with E-state index in [4.69, 9.17) is 9.47 Å². The molecule has 2 heterocycles. The van der Waals surface area contributed by atoms with Gasteiger partial charge >= 0.3 is 6.09 Å². The van der Waals surface area contributed by atoms with Crippen LogP contribution in [0.1, 0.15) is 62.2 Å². The van der Waals surface area contributed by atoms with Gasteiger partial charge in [0.1, 0.15) is 6.61 Å². The van der Waals surface area contributed by atoms with Crippen LogP contribution in [-0.2, 0) is 9.47 Å². The van der Waals surface area contributed by atoms with E-state index in [-0.39, 0.29) is 48.6 Å². The Morgan fingerprint density at radius 3 is 1.50 bits per heavy atom. The number of alkyl carbamates (subject to hydrolysis) is 1. The second-order valence-electron chi connectivity index (χ2n) is 9.54. The van der Waals surface area contributed by atoms with Crippen LogP contribution in [0.2, 0.25) is 0 Å². The average molecular weight is 494 g/mol. The lowest BCUT2D eigenvalue weighted by molar-refractivity contribution is -0.00516. The van der Waals surface area contributed by atoms with Gasteiger partial charge in [-0.25, -0.2) is 4.79 Å². The molecule has 4 rings (SSSR count). The van der Waals surface area contributed by atoms with E-state index in [1.54, 1.807) is 48.5 Å². The zero-order valence-electron chi connectivity index (χ0n) is 20.3. The van der Waals surface area contributed by atoms with Gasteiger partial charge in [0.05, 0.1) is 48.1 Å². The standard InChI is InChI=1S/C26H27N3O7/c1-26(2,3)27-25(34)36-13-12-35-16(14-28-21(30)17-8-4-5-9-18(17)22(28)31)15-29-23(32)19-10-6-7-11-20(19)24(29)33/h4-11,16H,12-15H2,1-3H3,(H,27,34). The summed E-state index contributed by atoms with van der Waals surface area (Å²) in [4.78, 5) is 65.4. The molecule has 0 bridgehead atoms. The van der Waals surface area contributed by atoms with Gasteiger partial charge < -0.3 is 14.8 Å². The number of amides is 5. The first-order chi connectivity index (χ1) is 17.1. The van der Waals surface area contributed by atoms with Crippen molar-refractivity contribution in [3.63, 3.8) is 0 Å². The van der Waals surface area contributed by atoms with Crippen LogP contribution in [0.15, 0.2) is 48.5 Å². The minimum Gasteiger partial charge on any atom is -0.447 e. The number of hydrogen-bond acceptors (Lipinski definition) is 7. The van der Waals surface area contributed by atoms with E-state index in [0.29, 0.717) is 0 Å². The molecule has 1 N–H and O–H groups in total. The molecular weight excluding hydrogens is 466 g/mol. The summed E-state index contributed by atoms with van der Waals surface area (Å²) in [5, 5.41) is 2.66. The Balaban J connectivity index is 1.46. The highest BCUT2D eigenvalue weighted by atomic mass is 16.6. The molecule has 36 heavy (non-hydrogen) atoms. The minimum absolute atomic E-state index is 0.0748. The van der Waals surface area contributed by atoms with Crippen molar-refractivity contribution in [2.45, 2.75) is 32.4 Å². The maximum Gasteiger partial charge on any atom is 0.407 e. The van der Waals surface area contributed by atoms with Gasteiger partial charge in [-0.15, -0.1) is 0 Å². The molecule has 0 saturated heterocycles. The van der Waals surface area contributed by atoms with Crippen LogP contribution in [0, 0.1) is 0 Å². The lowest BCUT2D eigenvalue weighted by atomic mass is 10.1. The zero-order valence-corrected chi connectivity index (χ0v) is 20.3. The minimum atomic E-state index is -0.899. The average Bonchev–Trinajstić information content (AvgIpc) is 3.21. The number of benzene rings is 2. The molecule has 0 saturated carbocycles. The summed E-state index contributed by atoms with van der Waals surface area (Å²) in [7, 11) is 0. The maximum absolute atomic E-state index is 12.9. The predicted octanol–water partition coefficient (Wildman–Crippen LogP) is 2.49. The van der Waals surface area contributed by atoms with Gasteiger partial charge in [-0.1, -0.05) is 24.3 Å². The SMILES string of the molecule is CC(C)(C)NC(=O)OCCOC(CN1C(=O)c2ccccc2C1=O)CN1C(=O)c2ccccc2C1=O. The summed E-state index contributed by atoms with van der Waals surface area (Å²) in [5.41, 5.74) is 0.652. The fraction of sp³-hybridized carbons (Fsp3) is 0.346. The second-order valence-corrected chi connectivity index (χ2v) is 9.54. The quantitative estimate of drug-likeness (QED) is 0.443. The molecule has 5 amide bonds. The number of nitrogens with zero attached hydrogens (tertiary/aromatic N) is 2. The van der Waals surface area contributed by atoms with Crippen molar-refractivity contribution in [2.24, 2.45) is 0 Å². The zero-order chi connectivity index (χ0) is 26.0.